The van der Waals surface area contributed by atoms with Crippen LogP contribution < -0.4 is 15.0 Å². The Hall–Kier alpha value is -2.77. The fourth-order valence-electron chi connectivity index (χ4n) is 3.58. The van der Waals surface area contributed by atoms with Gasteiger partial charge in [0, 0.05) is 31.9 Å². The summed E-state index contributed by atoms with van der Waals surface area (Å²) in [5.74, 6) is 2.23. The molecule has 1 N–H and O–H groups in total. The van der Waals surface area contributed by atoms with Crippen LogP contribution in [-0.4, -0.2) is 47.0 Å². The summed E-state index contributed by atoms with van der Waals surface area (Å²) in [5, 5.41) is 3.30. The van der Waals surface area contributed by atoms with Crippen molar-refractivity contribution < 1.29 is 13.9 Å². The first-order valence-electron chi connectivity index (χ1n) is 9.31. The van der Waals surface area contributed by atoms with Crippen molar-refractivity contribution >= 4 is 17.5 Å². The number of carbonyl (C=O) groups is 1. The summed E-state index contributed by atoms with van der Waals surface area (Å²) in [6.07, 6.45) is 8.39. The van der Waals surface area contributed by atoms with E-state index >= 15 is 0 Å². The number of fused-ring (bicyclic) bond motifs is 1. The number of anilines is 2. The van der Waals surface area contributed by atoms with Crippen LogP contribution in [0.3, 0.4) is 0 Å². The third-order valence-corrected chi connectivity index (χ3v) is 5.12. The van der Waals surface area contributed by atoms with E-state index < -0.39 is 5.82 Å². The molecular formula is C19H22FN5O2. The second-order valence-corrected chi connectivity index (χ2v) is 6.98. The van der Waals surface area contributed by atoms with Gasteiger partial charge in [0.2, 0.25) is 11.7 Å². The lowest BCUT2D eigenvalue weighted by molar-refractivity contribution is 0.0961. The van der Waals surface area contributed by atoms with E-state index in [9.17, 15) is 9.18 Å². The van der Waals surface area contributed by atoms with Gasteiger partial charge in [-0.25, -0.2) is 19.3 Å². The highest BCUT2D eigenvalue weighted by molar-refractivity contribution is 6.02. The Morgan fingerprint density at radius 1 is 1.19 bits per heavy atom. The van der Waals surface area contributed by atoms with Gasteiger partial charge in [-0.3, -0.25) is 4.79 Å². The Bertz CT molecular complexity index is 806. The lowest BCUT2D eigenvalue weighted by Crippen LogP contribution is -2.35. The molecule has 7 nitrogen and oxygen atoms in total. The van der Waals surface area contributed by atoms with Gasteiger partial charge < -0.3 is 15.0 Å². The van der Waals surface area contributed by atoms with Gasteiger partial charge in [0.15, 0.2) is 12.4 Å². The number of ketones is 1. The molecule has 0 amide bonds. The molecule has 0 radical (unpaired) electrons. The average molecular weight is 371 g/mol. The molecule has 4 rings (SSSR count). The number of hydrogen-bond donors (Lipinski definition) is 1. The van der Waals surface area contributed by atoms with Crippen LogP contribution in [0.2, 0.25) is 0 Å². The Morgan fingerprint density at radius 2 is 1.96 bits per heavy atom. The first-order valence-corrected chi connectivity index (χ1v) is 9.31. The van der Waals surface area contributed by atoms with E-state index in [1.165, 1.54) is 12.4 Å². The summed E-state index contributed by atoms with van der Waals surface area (Å²) in [6, 6.07) is 1.79. The molecule has 0 bridgehead atoms. The van der Waals surface area contributed by atoms with Crippen molar-refractivity contribution in [3.8, 4) is 5.75 Å². The molecule has 0 atom stereocenters. The normalized spacial score (nSPS) is 16.9. The lowest BCUT2D eigenvalue weighted by atomic mass is 9.92. The number of aromatic nitrogens is 3. The number of carbonyl (C=O) groups excluding carboxylic acids is 1. The lowest BCUT2D eigenvalue weighted by Gasteiger charge is -2.32. The van der Waals surface area contributed by atoms with Crippen LogP contribution >= 0.6 is 0 Å². The van der Waals surface area contributed by atoms with Gasteiger partial charge in [-0.2, -0.15) is 0 Å². The van der Waals surface area contributed by atoms with Crippen molar-refractivity contribution in [1.82, 2.24) is 15.0 Å². The molecule has 1 fully saturated rings. The summed E-state index contributed by atoms with van der Waals surface area (Å²) in [6.45, 7) is 2.76. The molecule has 2 aliphatic heterocycles. The first kappa shape index (κ1) is 17.6. The molecule has 0 aliphatic carbocycles. The van der Waals surface area contributed by atoms with Gasteiger partial charge in [0.05, 0.1) is 18.0 Å². The highest BCUT2D eigenvalue weighted by Crippen LogP contribution is 2.27. The molecule has 2 aliphatic rings. The number of nitrogens with zero attached hydrogens (tertiary/aromatic N) is 4. The fraction of sp³-hybridized carbons (Fsp3) is 0.474. The zero-order valence-electron chi connectivity index (χ0n) is 15.0. The highest BCUT2D eigenvalue weighted by atomic mass is 19.1. The summed E-state index contributed by atoms with van der Waals surface area (Å²) in [7, 11) is 0. The van der Waals surface area contributed by atoms with Crippen LogP contribution in [0.1, 0.15) is 36.0 Å². The largest absolute Gasteiger partial charge is 0.484 e. The fourth-order valence-corrected chi connectivity index (χ4v) is 3.58. The van der Waals surface area contributed by atoms with E-state index in [0.29, 0.717) is 23.2 Å². The van der Waals surface area contributed by atoms with Gasteiger partial charge in [-0.1, -0.05) is 0 Å². The van der Waals surface area contributed by atoms with Crippen molar-refractivity contribution in [2.24, 2.45) is 5.92 Å². The van der Waals surface area contributed by atoms with Gasteiger partial charge >= 0.3 is 0 Å². The number of rotatable bonds is 6. The van der Waals surface area contributed by atoms with Crippen molar-refractivity contribution in [2.75, 3.05) is 36.5 Å². The maximum Gasteiger partial charge on any atom is 0.225 e. The van der Waals surface area contributed by atoms with Crippen LogP contribution in [0.15, 0.2) is 24.7 Å². The van der Waals surface area contributed by atoms with E-state index in [1.807, 2.05) is 0 Å². The number of Topliss-reactive ketones (excluding diaryl/α,β-unsaturated/α-hetero) is 1. The monoisotopic (exact) mass is 371 g/mol. The second-order valence-electron chi connectivity index (χ2n) is 6.98. The van der Waals surface area contributed by atoms with Crippen molar-refractivity contribution in [1.29, 1.82) is 0 Å². The van der Waals surface area contributed by atoms with E-state index in [4.69, 9.17) is 4.74 Å². The van der Waals surface area contributed by atoms with E-state index in [1.54, 1.807) is 12.3 Å². The van der Waals surface area contributed by atoms with Crippen LogP contribution in [0.4, 0.5) is 16.2 Å². The quantitative estimate of drug-likeness (QED) is 0.782. The third kappa shape index (κ3) is 4.15. The summed E-state index contributed by atoms with van der Waals surface area (Å²) in [5.41, 5.74) is 0.567. The number of piperidine rings is 1. The van der Waals surface area contributed by atoms with E-state index in [2.05, 4.69) is 25.2 Å². The maximum absolute atomic E-state index is 12.9. The van der Waals surface area contributed by atoms with Crippen LogP contribution in [0, 0.1) is 11.7 Å². The number of pyridine rings is 1. The summed E-state index contributed by atoms with van der Waals surface area (Å²) < 4.78 is 18.3. The molecule has 0 unspecified atom stereocenters. The zero-order chi connectivity index (χ0) is 18.6. The Labute approximate surface area is 157 Å². The van der Waals surface area contributed by atoms with Gasteiger partial charge in [0.25, 0.3) is 0 Å². The van der Waals surface area contributed by atoms with Gasteiger partial charge in [-0.05, 0) is 31.6 Å². The van der Waals surface area contributed by atoms with Crippen LogP contribution in [-0.2, 0) is 0 Å². The third-order valence-electron chi connectivity index (χ3n) is 5.12. The molecule has 1 saturated heterocycles. The smallest absolute Gasteiger partial charge is 0.225 e. The molecule has 2 aromatic heterocycles. The predicted molar refractivity (Wildman–Crippen MR) is 98.7 cm³/mol. The molecule has 0 spiro atoms. The van der Waals surface area contributed by atoms with Crippen molar-refractivity contribution in [3.63, 3.8) is 0 Å². The molecule has 4 heterocycles. The van der Waals surface area contributed by atoms with Crippen molar-refractivity contribution in [3.05, 3.63) is 36.0 Å². The summed E-state index contributed by atoms with van der Waals surface area (Å²) in [4.78, 5) is 26.0. The van der Waals surface area contributed by atoms with Gasteiger partial charge in [-0.15, -0.1) is 0 Å². The summed E-state index contributed by atoms with van der Waals surface area (Å²) >= 11 is 0. The minimum Gasteiger partial charge on any atom is -0.484 e. The average Bonchev–Trinajstić information content (AvgIpc) is 3.07. The zero-order valence-corrected chi connectivity index (χ0v) is 15.0. The van der Waals surface area contributed by atoms with E-state index in [-0.39, 0.29) is 12.4 Å². The number of halogens is 1. The molecular weight excluding hydrogens is 349 g/mol. The van der Waals surface area contributed by atoms with Crippen LogP contribution in [0.25, 0.3) is 0 Å². The molecule has 0 saturated carbocycles. The minimum atomic E-state index is -0.405. The minimum absolute atomic E-state index is 0.0126. The Kier molecular flexibility index (Phi) is 5.13. The molecule has 0 aromatic carbocycles. The molecule has 27 heavy (non-hydrogen) atoms. The SMILES string of the molecule is O=C1COc2cc(NCCCC3CCN(c4ncc(F)cn4)CC3)ncc21. The number of hydrogen-bond acceptors (Lipinski definition) is 7. The molecule has 142 valence electrons. The Morgan fingerprint density at radius 3 is 2.74 bits per heavy atom. The standard InChI is InChI=1S/C19H22FN5O2/c20-14-9-23-19(24-10-14)25-6-3-13(4-7-25)2-1-5-21-18-8-17-15(11-22-18)16(26)12-27-17/h8-11,13H,1-7,12H2,(H,21,22). The molecule has 2 aromatic rings. The first-order chi connectivity index (χ1) is 13.2. The van der Waals surface area contributed by atoms with Gasteiger partial charge in [0.1, 0.15) is 11.6 Å². The molecule has 8 heteroatoms. The second kappa shape index (κ2) is 7.85. The number of nitrogens with one attached hydrogen (secondary N) is 1. The predicted octanol–water partition coefficient (Wildman–Crippen LogP) is 2.69. The van der Waals surface area contributed by atoms with Crippen LogP contribution in [0.5, 0.6) is 5.75 Å². The van der Waals surface area contributed by atoms with Crippen molar-refractivity contribution in [2.45, 2.75) is 25.7 Å². The maximum atomic E-state index is 12.9. The number of ether oxygens (including phenoxy) is 1. The Balaban J connectivity index is 1.18. The van der Waals surface area contributed by atoms with E-state index in [0.717, 1.165) is 51.1 Å². The highest BCUT2D eigenvalue weighted by Gasteiger charge is 2.22. The topological polar surface area (TPSA) is 80.2 Å².